The number of likely N-dealkylation sites (N-methyl/N-ethyl adjacent to an activating group) is 2. The van der Waals surface area contributed by atoms with Gasteiger partial charge in [0, 0.05) is 107 Å². The summed E-state index contributed by atoms with van der Waals surface area (Å²) < 4.78 is 1.46. The third kappa shape index (κ3) is 23.4. The lowest BCUT2D eigenvalue weighted by molar-refractivity contribution is -0.143. The number of aliphatic hydroxyl groups excluding tert-OH is 9. The second kappa shape index (κ2) is 40.3. The molecule has 2 aliphatic heterocycles. The summed E-state index contributed by atoms with van der Waals surface area (Å²) in [7, 11) is 4.17. The third-order valence-electron chi connectivity index (χ3n) is 19.8. The van der Waals surface area contributed by atoms with Crippen LogP contribution in [0.25, 0.3) is 21.8 Å². The Bertz CT molecular complexity index is 3870. The molecule has 594 valence electrons. The number of rotatable bonds is 42. The van der Waals surface area contributed by atoms with Crippen LogP contribution < -0.4 is 48.3 Å². The van der Waals surface area contributed by atoms with Gasteiger partial charge in [-0.05, 0) is 98.9 Å². The molecule has 2 aromatic heterocycles. The first-order chi connectivity index (χ1) is 51.2. The number of carboxylic acids is 1. The number of para-hydroxylation sites is 2. The maximum absolute atomic E-state index is 15.8. The largest absolute Gasteiger partial charge is 0.508 e. The average Bonchev–Trinajstić information content (AvgIpc) is 1.66. The Morgan fingerprint density at radius 3 is 1.86 bits per heavy atom. The number of benzene rings is 3. The molecular weight excluding hydrogens is 1410 g/mol. The first-order valence-corrected chi connectivity index (χ1v) is 36.1. The van der Waals surface area contributed by atoms with Crippen molar-refractivity contribution in [1.29, 1.82) is 0 Å². The number of carboxylic acid groups (broad SMARTS) is 1. The van der Waals surface area contributed by atoms with E-state index in [1.807, 2.05) is 0 Å². The zero-order chi connectivity index (χ0) is 79.4. The SMILES string of the molecule is CC(C)C[C@H](NC(=O)[C@H](CNC[C@H](O)[C@@H](O)[C@H](O)CO)NC(=O)[C@@H]1CCCN1)C(=O)N1C[C@H](O)C[C@H]1C(=O)N[C@@H](Cc1c[nH]c2ccccc12)C(=O)N[C@@H](CCC(NC[C@H](O)[C@@H](O)[C@H](O)CO)[C@@H](Cc1ccc(O)cc1)C(=O)N(C)[C@@H](C)C(N)=O)C(=O)N[C@@H](Cc1cn(CC(=O)O)c2ccccc12)C(=O)N(C)C. The van der Waals surface area contributed by atoms with Crippen LogP contribution in [-0.4, -0.2) is 304 Å². The van der Waals surface area contributed by atoms with E-state index in [4.69, 9.17) is 5.73 Å². The number of phenols is 1. The van der Waals surface area contributed by atoms with Crippen molar-refractivity contribution in [1.82, 2.24) is 66.8 Å². The molecule has 22 N–H and O–H groups in total. The van der Waals surface area contributed by atoms with Gasteiger partial charge in [0.05, 0.1) is 43.5 Å². The van der Waals surface area contributed by atoms with E-state index in [9.17, 15) is 80.1 Å². The Kier molecular flexibility index (Phi) is 32.1. The van der Waals surface area contributed by atoms with Crippen LogP contribution in [0.2, 0.25) is 0 Å². The molecule has 4 heterocycles. The number of aliphatic carboxylic acids is 1. The lowest BCUT2D eigenvalue weighted by Gasteiger charge is -2.35. The number of hydrogen-bond acceptors (Lipinski definition) is 23. The summed E-state index contributed by atoms with van der Waals surface area (Å²) in [5.74, 6) is -10.6. The molecule has 0 aliphatic carbocycles. The first kappa shape index (κ1) is 86.0. The number of nitrogens with one attached hydrogen (secondary N) is 9. The molecule has 1 unspecified atom stereocenters. The fraction of sp³-hybridized carbons (Fsp3) is 0.562. The van der Waals surface area contributed by atoms with Crippen LogP contribution in [0.15, 0.2) is 85.2 Å². The Morgan fingerprint density at radius 1 is 0.648 bits per heavy atom. The molecule has 35 nitrogen and oxygen atoms in total. The van der Waals surface area contributed by atoms with Crippen LogP contribution in [0.3, 0.4) is 0 Å². The molecule has 0 spiro atoms. The van der Waals surface area contributed by atoms with E-state index in [0.29, 0.717) is 57.9 Å². The number of aromatic hydroxyl groups is 1. The van der Waals surface area contributed by atoms with Crippen LogP contribution >= 0.6 is 0 Å². The quantitative estimate of drug-likeness (QED) is 0.0173. The van der Waals surface area contributed by atoms with E-state index in [2.05, 4.69) is 47.5 Å². The number of phenolic OH excluding ortho intramolecular Hbond substituents is 1. The fourth-order valence-electron chi connectivity index (χ4n) is 13.5. The summed E-state index contributed by atoms with van der Waals surface area (Å²) in [6, 6.07) is 6.94. The first-order valence-electron chi connectivity index (χ1n) is 36.1. The summed E-state index contributed by atoms with van der Waals surface area (Å²) in [6.07, 6.45) is -10.0. The Balaban J connectivity index is 1.28. The number of hydrogen-bond donors (Lipinski definition) is 21. The monoisotopic (exact) mass is 1510 g/mol. The van der Waals surface area contributed by atoms with E-state index in [1.165, 1.54) is 68.0 Å². The van der Waals surface area contributed by atoms with Gasteiger partial charge >= 0.3 is 5.97 Å². The van der Waals surface area contributed by atoms with Crippen molar-refractivity contribution in [3.63, 3.8) is 0 Å². The van der Waals surface area contributed by atoms with Gasteiger partial charge in [0.1, 0.15) is 79.0 Å². The number of aliphatic hydroxyl groups is 9. The van der Waals surface area contributed by atoms with Crippen molar-refractivity contribution in [3.8, 4) is 5.75 Å². The molecule has 2 aliphatic rings. The molecule has 2 saturated heterocycles. The van der Waals surface area contributed by atoms with Gasteiger partial charge < -0.3 is 129 Å². The molecule has 5 aromatic rings. The smallest absolute Gasteiger partial charge is 0.323 e. The van der Waals surface area contributed by atoms with Crippen molar-refractivity contribution in [2.45, 2.75) is 182 Å². The number of β-amino-alcohol motifs (C(OH)–C–C–N with tert-alkyl or cyclic N) is 1. The van der Waals surface area contributed by atoms with E-state index in [-0.39, 0.29) is 50.3 Å². The molecule has 3 aromatic carbocycles. The molecule has 0 saturated carbocycles. The highest BCUT2D eigenvalue weighted by molar-refractivity contribution is 5.99. The van der Waals surface area contributed by atoms with Gasteiger partial charge in [0.2, 0.25) is 53.2 Å². The van der Waals surface area contributed by atoms with Crippen molar-refractivity contribution >= 4 is 80.9 Å². The number of fused-ring (bicyclic) bond motifs is 2. The Hall–Kier alpha value is -9.24. The van der Waals surface area contributed by atoms with Gasteiger partial charge in [-0.3, -0.25) is 47.9 Å². The van der Waals surface area contributed by atoms with Crippen LogP contribution in [0, 0.1) is 11.8 Å². The average molecular weight is 1520 g/mol. The fourth-order valence-corrected chi connectivity index (χ4v) is 13.5. The second-order valence-electron chi connectivity index (χ2n) is 28.5. The number of carbonyl (C=O) groups is 10. The zero-order valence-electron chi connectivity index (χ0n) is 61.4. The van der Waals surface area contributed by atoms with Crippen LogP contribution in [-0.2, 0) is 73.8 Å². The van der Waals surface area contributed by atoms with Gasteiger partial charge in [-0.2, -0.15) is 0 Å². The van der Waals surface area contributed by atoms with Gasteiger partial charge in [0.25, 0.3) is 0 Å². The van der Waals surface area contributed by atoms with Crippen LogP contribution in [0.5, 0.6) is 5.75 Å². The number of primary amides is 1. The van der Waals surface area contributed by atoms with Gasteiger partial charge in [0.15, 0.2) is 0 Å². The molecule has 108 heavy (non-hydrogen) atoms. The molecule has 0 bridgehead atoms. The van der Waals surface area contributed by atoms with Crippen molar-refractivity contribution in [2.75, 3.05) is 67.1 Å². The minimum Gasteiger partial charge on any atom is -0.508 e. The molecule has 17 atom stereocenters. The number of aromatic nitrogens is 2. The molecule has 2 fully saturated rings. The van der Waals surface area contributed by atoms with Crippen molar-refractivity contribution in [2.24, 2.45) is 17.6 Å². The lowest BCUT2D eigenvalue weighted by Crippen LogP contribution is -2.61. The summed E-state index contributed by atoms with van der Waals surface area (Å²) in [4.78, 5) is 151. The topological polar surface area (TPSA) is 546 Å². The van der Waals surface area contributed by atoms with Gasteiger partial charge in [-0.25, -0.2) is 0 Å². The minimum absolute atomic E-state index is 0.0570. The number of amides is 9. The van der Waals surface area contributed by atoms with E-state index in [0.717, 1.165) is 9.80 Å². The summed E-state index contributed by atoms with van der Waals surface area (Å²) >= 11 is 0. The van der Waals surface area contributed by atoms with Gasteiger partial charge in [-0.1, -0.05) is 62.4 Å². The highest BCUT2D eigenvalue weighted by atomic mass is 16.4. The van der Waals surface area contributed by atoms with Crippen LogP contribution in [0.1, 0.15) is 76.0 Å². The summed E-state index contributed by atoms with van der Waals surface area (Å²) in [5, 5.41) is 138. The van der Waals surface area contributed by atoms with Gasteiger partial charge in [-0.15, -0.1) is 0 Å². The number of carbonyl (C=O) groups excluding carboxylic acids is 9. The number of H-pyrrole nitrogens is 1. The highest BCUT2D eigenvalue weighted by Gasteiger charge is 2.45. The predicted octanol–water partition coefficient (Wildman–Crippen LogP) is -5.36. The maximum Gasteiger partial charge on any atom is 0.323 e. The molecule has 9 amide bonds. The Labute approximate surface area is 624 Å². The Morgan fingerprint density at radius 2 is 1.24 bits per heavy atom. The third-order valence-corrected chi connectivity index (χ3v) is 19.8. The molecule has 7 rings (SSSR count). The number of nitrogens with zero attached hydrogens (tertiary/aromatic N) is 4. The van der Waals surface area contributed by atoms with Crippen LogP contribution in [0.4, 0.5) is 0 Å². The number of likely N-dealkylation sites (tertiary alicyclic amines) is 1. The number of aromatic amines is 1. The molecule has 35 heteroatoms. The van der Waals surface area contributed by atoms with Crippen molar-refractivity contribution in [3.05, 3.63) is 102 Å². The second-order valence-corrected chi connectivity index (χ2v) is 28.5. The maximum atomic E-state index is 15.8. The normalized spacial score (nSPS) is 19.1. The van der Waals surface area contributed by atoms with E-state index in [1.54, 1.807) is 68.6 Å². The summed E-state index contributed by atoms with van der Waals surface area (Å²) in [5.41, 5.74) is 8.17. The predicted molar refractivity (Wildman–Crippen MR) is 391 cm³/mol. The molecular formula is C73H106N14O21. The lowest BCUT2D eigenvalue weighted by atomic mass is 9.86. The minimum atomic E-state index is -1.96. The van der Waals surface area contributed by atoms with Crippen molar-refractivity contribution < 1.29 is 104 Å². The van der Waals surface area contributed by atoms with E-state index < -0.39 is 214 Å². The highest BCUT2D eigenvalue weighted by Crippen LogP contribution is 2.28. The summed E-state index contributed by atoms with van der Waals surface area (Å²) in [6.45, 7) is 1.20. The standard InChI is InChI=1S/C73H106N14O21/c1-38(2)24-53(81-69(104)55(83-66(101)50-15-11-23-76-50)30-75-31-58(92)63(98)60(94)36-88)73(108)87-34-44(91)28-57(87)70(105)80-52(26-41-29-77-48-14-9-7-12-45(41)48)68(103)79-51(67(102)82-54(72(107)84(4)5)27-42-33-86(35-62(96)97)56-16-10-8-13-46(42)56)22-21-49(78-32-59(93)64(99)61(95)37-89)47(25-40-17-19-43(90)20-18-40)71(106)85(6)39(3)65(74)100/h7-10,12-14,16-20,29,33,38-39,44,47,49-55,57-61,63-64,75-78,88-95,98-99H,11,15,21-28,30-32,34-37H2,1-6H3,(H2,74,100)(H,79,103)(H,80,105)(H,81,104)(H,82,102)(H,83,101)(H,96,97)/t39-,44+,47+,49?,50-,51-,52-,53-,54-,55-,57-,58-,59-,60+,61+,63+,64+/m0/s1. The van der Waals surface area contributed by atoms with E-state index >= 15 is 24.0 Å². The zero-order valence-corrected chi connectivity index (χ0v) is 61.4. The number of nitrogens with two attached hydrogens (primary N) is 1. The molecule has 0 radical (unpaired) electrons.